The zero-order chi connectivity index (χ0) is 14.8. The van der Waals surface area contributed by atoms with Crippen LogP contribution in [-0.4, -0.2) is 19.3 Å². The van der Waals surface area contributed by atoms with Crippen molar-refractivity contribution in [1.29, 1.82) is 0 Å². The summed E-state index contributed by atoms with van der Waals surface area (Å²) in [5, 5.41) is 0.185. The minimum Gasteiger partial charge on any atom is -0.410 e. The van der Waals surface area contributed by atoms with Crippen LogP contribution in [0.25, 0.3) is 0 Å². The van der Waals surface area contributed by atoms with Crippen molar-refractivity contribution < 1.29 is 17.9 Å². The first kappa shape index (κ1) is 15.6. The van der Waals surface area contributed by atoms with Gasteiger partial charge in [0, 0.05) is 6.07 Å². The first-order valence-electron chi connectivity index (χ1n) is 5.32. The van der Waals surface area contributed by atoms with Gasteiger partial charge in [0.15, 0.2) is 0 Å². The number of rotatable bonds is 3. The van der Waals surface area contributed by atoms with Gasteiger partial charge in [-0.15, -0.1) is 0 Å². The normalized spacial score (nSPS) is 12.0. The Hall–Kier alpha value is -1.47. The first-order valence-corrected chi connectivity index (χ1v) is 7.18. The zero-order valence-electron chi connectivity index (χ0n) is 10.7. The molecule has 1 aromatic carbocycles. The molecule has 0 fully saturated rings. The Kier molecular flexibility index (Phi) is 4.32. The molecule has 0 aromatic heterocycles. The van der Waals surface area contributed by atoms with E-state index in [1.807, 2.05) is 0 Å². The average molecular weight is 307 g/mol. The number of anilines is 1. The van der Waals surface area contributed by atoms with Gasteiger partial charge in [0.05, 0.1) is 15.5 Å². The number of nitrogens with two attached hydrogens (primary N) is 1. The molecule has 0 unspecified atom stereocenters. The Bertz CT molecular complexity index is 593. The molecule has 1 rings (SSSR count). The third kappa shape index (κ3) is 4.00. The molecule has 1 amide bonds. The van der Waals surface area contributed by atoms with Crippen LogP contribution in [0.3, 0.4) is 0 Å². The number of benzene rings is 1. The molecule has 0 spiro atoms. The smallest absolute Gasteiger partial charge is 0.409 e. The van der Waals surface area contributed by atoms with Crippen LogP contribution in [0.4, 0.5) is 10.5 Å². The molecule has 0 bridgehead atoms. The van der Waals surface area contributed by atoms with E-state index in [0.29, 0.717) is 0 Å². The predicted molar refractivity (Wildman–Crippen MR) is 74.0 cm³/mol. The van der Waals surface area contributed by atoms with E-state index < -0.39 is 20.9 Å². The Balaban J connectivity index is 3.11. The predicted octanol–water partition coefficient (Wildman–Crippen LogP) is 2.34. The van der Waals surface area contributed by atoms with Crippen molar-refractivity contribution in [2.24, 2.45) is 5.73 Å². The molecule has 6 nitrogen and oxygen atoms in total. The molecule has 106 valence electrons. The lowest BCUT2D eigenvalue weighted by atomic mass is 10.3. The maximum absolute atomic E-state index is 12.0. The highest BCUT2D eigenvalue weighted by Gasteiger charge is 2.29. The van der Waals surface area contributed by atoms with Gasteiger partial charge >= 0.3 is 6.09 Å². The lowest BCUT2D eigenvalue weighted by molar-refractivity contribution is 0.211. The summed E-state index contributed by atoms with van der Waals surface area (Å²) in [7, 11) is -3.62. The number of carbonyl (C=O) groups excluding carboxylic acids is 1. The second kappa shape index (κ2) is 5.26. The molecular formula is C11H15ClN2O4S. The molecule has 0 aliphatic carbocycles. The first-order chi connectivity index (χ1) is 8.53. The summed E-state index contributed by atoms with van der Waals surface area (Å²) in [6.45, 7) is 4.65. The zero-order valence-corrected chi connectivity index (χ0v) is 12.3. The van der Waals surface area contributed by atoms with Gasteiger partial charge < -0.3 is 10.5 Å². The highest BCUT2D eigenvalue weighted by atomic mass is 35.5. The van der Waals surface area contributed by atoms with Crippen LogP contribution in [0.15, 0.2) is 18.2 Å². The van der Waals surface area contributed by atoms with Gasteiger partial charge in [-0.2, -0.15) is 0 Å². The van der Waals surface area contributed by atoms with Crippen molar-refractivity contribution in [3.05, 3.63) is 23.2 Å². The summed E-state index contributed by atoms with van der Waals surface area (Å²) in [6.07, 6.45) is -0.994. The van der Waals surface area contributed by atoms with E-state index in [1.165, 1.54) is 18.2 Å². The Morgan fingerprint density at radius 1 is 1.37 bits per heavy atom. The monoisotopic (exact) mass is 306 g/mol. The number of ether oxygens (including phenoxy) is 1. The summed E-state index contributed by atoms with van der Waals surface area (Å²) in [6, 6.07) is 4.10. The van der Waals surface area contributed by atoms with Gasteiger partial charge in [-0.3, -0.25) is 4.72 Å². The molecule has 19 heavy (non-hydrogen) atoms. The van der Waals surface area contributed by atoms with Gasteiger partial charge in [0.1, 0.15) is 5.75 Å². The van der Waals surface area contributed by atoms with Gasteiger partial charge in [0.2, 0.25) is 10.0 Å². The lowest BCUT2D eigenvalue weighted by Gasteiger charge is -2.21. The summed E-state index contributed by atoms with van der Waals surface area (Å²) < 4.78 is 30.0. The second-order valence-corrected chi connectivity index (χ2v) is 7.62. The van der Waals surface area contributed by atoms with Gasteiger partial charge in [0.25, 0.3) is 0 Å². The maximum Gasteiger partial charge on any atom is 0.409 e. The molecule has 0 saturated carbocycles. The molecule has 0 aliphatic rings. The molecule has 3 N–H and O–H groups in total. The molecule has 8 heteroatoms. The fourth-order valence-electron chi connectivity index (χ4n) is 1.06. The average Bonchev–Trinajstić information content (AvgIpc) is 2.20. The van der Waals surface area contributed by atoms with Gasteiger partial charge in [-0.25, -0.2) is 13.2 Å². The van der Waals surface area contributed by atoms with Gasteiger partial charge in [-0.05, 0) is 32.9 Å². The number of nitrogens with one attached hydrogen (secondary N) is 1. The summed E-state index contributed by atoms with van der Waals surface area (Å²) >= 11 is 5.89. The minimum absolute atomic E-state index is 0.100. The Morgan fingerprint density at radius 2 is 1.95 bits per heavy atom. The largest absolute Gasteiger partial charge is 0.410 e. The van der Waals surface area contributed by atoms with E-state index in [4.69, 9.17) is 17.3 Å². The van der Waals surface area contributed by atoms with E-state index in [9.17, 15) is 13.2 Å². The Morgan fingerprint density at radius 3 is 2.42 bits per heavy atom. The molecule has 0 radical (unpaired) electrons. The highest BCUT2D eigenvalue weighted by molar-refractivity contribution is 7.94. The highest BCUT2D eigenvalue weighted by Crippen LogP contribution is 2.29. The van der Waals surface area contributed by atoms with Crippen LogP contribution in [0.1, 0.15) is 20.8 Å². The van der Waals surface area contributed by atoms with E-state index in [-0.39, 0.29) is 16.5 Å². The number of sulfonamides is 1. The quantitative estimate of drug-likeness (QED) is 0.895. The molecule has 0 heterocycles. The topological polar surface area (TPSA) is 98.5 Å². The third-order valence-electron chi connectivity index (χ3n) is 2.21. The Labute approximate surface area is 116 Å². The number of hydrogen-bond donors (Lipinski definition) is 2. The lowest BCUT2D eigenvalue weighted by Crippen LogP contribution is -2.33. The number of carbonyl (C=O) groups is 1. The van der Waals surface area contributed by atoms with Crippen LogP contribution in [0.2, 0.25) is 5.02 Å². The number of primary amides is 1. The van der Waals surface area contributed by atoms with Gasteiger partial charge in [-0.1, -0.05) is 11.6 Å². The summed E-state index contributed by atoms with van der Waals surface area (Å²) in [4.78, 5) is 10.6. The maximum atomic E-state index is 12.0. The molecule has 1 aromatic rings. The van der Waals surface area contributed by atoms with Crippen molar-refractivity contribution in [3.63, 3.8) is 0 Å². The van der Waals surface area contributed by atoms with Crippen LogP contribution < -0.4 is 15.2 Å². The van der Waals surface area contributed by atoms with E-state index in [2.05, 4.69) is 9.46 Å². The number of amides is 1. The van der Waals surface area contributed by atoms with Crippen LogP contribution in [0, 0.1) is 0 Å². The van der Waals surface area contributed by atoms with Crippen LogP contribution >= 0.6 is 11.6 Å². The van der Waals surface area contributed by atoms with E-state index >= 15 is 0 Å². The number of halogens is 1. The van der Waals surface area contributed by atoms with Crippen molar-refractivity contribution in [1.82, 2.24) is 0 Å². The van der Waals surface area contributed by atoms with E-state index in [0.717, 1.165) is 0 Å². The summed E-state index contributed by atoms with van der Waals surface area (Å²) in [5.74, 6) is 0.100. The van der Waals surface area contributed by atoms with Crippen LogP contribution in [-0.2, 0) is 10.0 Å². The fraction of sp³-hybridized carbons (Fsp3) is 0.364. The van der Waals surface area contributed by atoms with E-state index in [1.54, 1.807) is 20.8 Å². The van der Waals surface area contributed by atoms with Crippen molar-refractivity contribution in [2.75, 3.05) is 4.72 Å². The van der Waals surface area contributed by atoms with Crippen molar-refractivity contribution in [2.45, 2.75) is 25.5 Å². The van der Waals surface area contributed by atoms with Crippen molar-refractivity contribution >= 4 is 33.4 Å². The fourth-order valence-corrected chi connectivity index (χ4v) is 2.05. The molecule has 0 saturated heterocycles. The SMILES string of the molecule is CC(C)(C)S(=O)(=O)Nc1cc(OC(N)=O)ccc1Cl. The standard InChI is InChI=1S/C11H15ClN2O4S/c1-11(2,3)19(16,17)14-9-6-7(18-10(13)15)4-5-8(9)12/h4-6,14H,1-3H3,(H2,13,15). The second-order valence-electron chi connectivity index (χ2n) is 4.78. The summed E-state index contributed by atoms with van der Waals surface area (Å²) in [5.41, 5.74) is 5.00. The molecule has 0 aliphatic heterocycles. The molecular weight excluding hydrogens is 292 g/mol. The number of hydrogen-bond acceptors (Lipinski definition) is 4. The van der Waals surface area contributed by atoms with Crippen molar-refractivity contribution in [3.8, 4) is 5.75 Å². The van der Waals surface area contributed by atoms with Crippen LogP contribution in [0.5, 0.6) is 5.75 Å². The third-order valence-corrected chi connectivity index (χ3v) is 4.64. The molecule has 0 atom stereocenters. The minimum atomic E-state index is -3.62.